The van der Waals surface area contributed by atoms with E-state index in [1.807, 2.05) is 12.1 Å². The first-order valence-corrected chi connectivity index (χ1v) is 4.20. The molecule has 0 fully saturated rings. The molecule has 0 aliphatic rings. The first kappa shape index (κ1) is 10.1. The van der Waals surface area contributed by atoms with Gasteiger partial charge in [0.15, 0.2) is 0 Å². The summed E-state index contributed by atoms with van der Waals surface area (Å²) < 4.78 is 0. The first-order chi connectivity index (χ1) is 6.72. The molecule has 72 valence electrons. The molecule has 3 N–H and O–H groups in total. The number of hydrogen-bond acceptors (Lipinski definition) is 3. The molecule has 0 heterocycles. The third kappa shape index (κ3) is 3.15. The number of carbonyl (C=O) groups is 1. The second-order valence-corrected chi connectivity index (χ2v) is 2.86. The lowest BCUT2D eigenvalue weighted by Gasteiger charge is -2.01. The normalized spacial score (nSPS) is 9.07. The second-order valence-electron chi connectivity index (χ2n) is 2.86. The van der Waals surface area contributed by atoms with E-state index in [-0.39, 0.29) is 18.9 Å². The monoisotopic (exact) mass is 189 g/mol. The van der Waals surface area contributed by atoms with Gasteiger partial charge in [0.1, 0.15) is 6.54 Å². The van der Waals surface area contributed by atoms with Crippen molar-refractivity contribution in [2.45, 2.75) is 6.42 Å². The molecule has 0 aliphatic heterocycles. The molecule has 4 nitrogen and oxygen atoms in total. The van der Waals surface area contributed by atoms with E-state index in [2.05, 4.69) is 5.32 Å². The summed E-state index contributed by atoms with van der Waals surface area (Å²) in [6, 6.07) is 8.96. The van der Waals surface area contributed by atoms with Crippen LogP contribution in [0.1, 0.15) is 5.56 Å². The third-order valence-electron chi connectivity index (χ3n) is 1.68. The average molecular weight is 189 g/mol. The predicted molar refractivity (Wildman–Crippen MR) is 53.2 cm³/mol. The van der Waals surface area contributed by atoms with Crippen LogP contribution in [0.25, 0.3) is 0 Å². The van der Waals surface area contributed by atoms with Crippen LogP contribution in [0.2, 0.25) is 0 Å². The van der Waals surface area contributed by atoms with Gasteiger partial charge in [-0.1, -0.05) is 12.1 Å². The minimum absolute atomic E-state index is 0.0428. The van der Waals surface area contributed by atoms with Gasteiger partial charge in [-0.25, -0.2) is 0 Å². The number of nitriles is 1. The Morgan fingerprint density at radius 3 is 3.00 bits per heavy atom. The molecule has 1 rings (SSSR count). The molecule has 0 bridgehead atoms. The Morgan fingerprint density at radius 1 is 1.57 bits per heavy atom. The molecule has 0 saturated heterocycles. The summed E-state index contributed by atoms with van der Waals surface area (Å²) in [5, 5.41) is 10.7. The van der Waals surface area contributed by atoms with Gasteiger partial charge >= 0.3 is 0 Å². The highest BCUT2D eigenvalue weighted by Gasteiger charge is 2.01. The van der Waals surface area contributed by atoms with Crippen molar-refractivity contribution in [2.75, 3.05) is 12.3 Å². The Hall–Kier alpha value is -2.02. The number of rotatable bonds is 3. The van der Waals surface area contributed by atoms with Crippen molar-refractivity contribution >= 4 is 11.6 Å². The summed E-state index contributed by atoms with van der Waals surface area (Å²) >= 11 is 0. The highest BCUT2D eigenvalue weighted by Crippen LogP contribution is 2.06. The lowest BCUT2D eigenvalue weighted by molar-refractivity contribution is -0.120. The number of amides is 1. The van der Waals surface area contributed by atoms with E-state index in [1.165, 1.54) is 0 Å². The maximum Gasteiger partial charge on any atom is 0.225 e. The van der Waals surface area contributed by atoms with Crippen molar-refractivity contribution < 1.29 is 4.79 Å². The number of hydrogen-bond donors (Lipinski definition) is 2. The van der Waals surface area contributed by atoms with Crippen LogP contribution in [0, 0.1) is 11.3 Å². The maximum atomic E-state index is 11.2. The van der Waals surface area contributed by atoms with Crippen LogP contribution in [-0.4, -0.2) is 12.5 Å². The molecule has 0 unspecified atom stereocenters. The molecule has 0 radical (unpaired) electrons. The molecule has 1 amide bonds. The van der Waals surface area contributed by atoms with Gasteiger partial charge in [0, 0.05) is 5.69 Å². The SMILES string of the molecule is N#CCNC(=O)Cc1cccc(N)c1. The summed E-state index contributed by atoms with van der Waals surface area (Å²) in [5.41, 5.74) is 7.03. The van der Waals surface area contributed by atoms with Gasteiger partial charge in [-0.15, -0.1) is 0 Å². The van der Waals surface area contributed by atoms with Crippen molar-refractivity contribution in [1.82, 2.24) is 5.32 Å². The highest BCUT2D eigenvalue weighted by molar-refractivity contribution is 5.79. The van der Waals surface area contributed by atoms with Crippen LogP contribution in [-0.2, 0) is 11.2 Å². The molecular weight excluding hydrogens is 178 g/mol. The number of anilines is 1. The minimum Gasteiger partial charge on any atom is -0.399 e. The third-order valence-corrected chi connectivity index (χ3v) is 1.68. The summed E-state index contributed by atoms with van der Waals surface area (Å²) in [5.74, 6) is -0.169. The van der Waals surface area contributed by atoms with E-state index in [9.17, 15) is 4.79 Å². The van der Waals surface area contributed by atoms with Crippen LogP contribution in [0.5, 0.6) is 0 Å². The summed E-state index contributed by atoms with van der Waals surface area (Å²) in [6.07, 6.45) is 0.257. The molecule has 0 atom stereocenters. The van der Waals surface area contributed by atoms with Gasteiger partial charge < -0.3 is 11.1 Å². The van der Waals surface area contributed by atoms with Crippen molar-refractivity contribution in [3.63, 3.8) is 0 Å². The Bertz CT molecular complexity index is 368. The molecule has 0 aromatic heterocycles. The van der Waals surface area contributed by atoms with E-state index in [1.54, 1.807) is 18.2 Å². The van der Waals surface area contributed by atoms with Gasteiger partial charge in [0.05, 0.1) is 12.5 Å². The predicted octanol–water partition coefficient (Wildman–Crippen LogP) is 0.451. The van der Waals surface area contributed by atoms with Crippen molar-refractivity contribution in [2.24, 2.45) is 0 Å². The number of carbonyl (C=O) groups excluding carboxylic acids is 1. The fourth-order valence-corrected chi connectivity index (χ4v) is 1.09. The average Bonchev–Trinajstić information content (AvgIpc) is 2.15. The molecule has 0 aliphatic carbocycles. The van der Waals surface area contributed by atoms with Crippen LogP contribution < -0.4 is 11.1 Å². The number of nitrogen functional groups attached to an aromatic ring is 1. The quantitative estimate of drug-likeness (QED) is 0.535. The smallest absolute Gasteiger partial charge is 0.225 e. The summed E-state index contributed by atoms with van der Waals surface area (Å²) in [4.78, 5) is 11.2. The van der Waals surface area contributed by atoms with Crippen LogP contribution >= 0.6 is 0 Å². The van der Waals surface area contributed by atoms with Crippen molar-refractivity contribution in [3.05, 3.63) is 29.8 Å². The van der Waals surface area contributed by atoms with Gasteiger partial charge in [-0.05, 0) is 17.7 Å². The molecule has 14 heavy (non-hydrogen) atoms. The zero-order valence-electron chi connectivity index (χ0n) is 7.66. The highest BCUT2D eigenvalue weighted by atomic mass is 16.1. The van der Waals surface area contributed by atoms with E-state index >= 15 is 0 Å². The van der Waals surface area contributed by atoms with Gasteiger partial charge in [-0.2, -0.15) is 5.26 Å². The number of nitrogens with two attached hydrogens (primary N) is 1. The number of benzene rings is 1. The Labute approximate surface area is 82.3 Å². The second kappa shape index (κ2) is 4.87. The fraction of sp³-hybridized carbons (Fsp3) is 0.200. The first-order valence-electron chi connectivity index (χ1n) is 4.20. The largest absolute Gasteiger partial charge is 0.399 e. The molecule has 0 saturated carbocycles. The Kier molecular flexibility index (Phi) is 3.50. The van der Waals surface area contributed by atoms with E-state index in [0.717, 1.165) is 5.56 Å². The number of nitrogens with zero attached hydrogens (tertiary/aromatic N) is 1. The lowest BCUT2D eigenvalue weighted by atomic mass is 10.1. The van der Waals surface area contributed by atoms with Crippen LogP contribution in [0.4, 0.5) is 5.69 Å². The molecular formula is C10H11N3O. The Morgan fingerprint density at radius 2 is 2.36 bits per heavy atom. The van der Waals surface area contributed by atoms with Crippen molar-refractivity contribution in [1.29, 1.82) is 5.26 Å². The van der Waals surface area contributed by atoms with E-state index in [4.69, 9.17) is 11.0 Å². The minimum atomic E-state index is -0.169. The molecule has 1 aromatic carbocycles. The lowest BCUT2D eigenvalue weighted by Crippen LogP contribution is -2.25. The topological polar surface area (TPSA) is 78.9 Å². The zero-order valence-corrected chi connectivity index (χ0v) is 7.66. The summed E-state index contributed by atoms with van der Waals surface area (Å²) in [7, 11) is 0. The Balaban J connectivity index is 2.53. The zero-order chi connectivity index (χ0) is 10.4. The maximum absolute atomic E-state index is 11.2. The molecule has 1 aromatic rings. The fourth-order valence-electron chi connectivity index (χ4n) is 1.09. The van der Waals surface area contributed by atoms with Gasteiger partial charge in [0.2, 0.25) is 5.91 Å². The molecule has 4 heteroatoms. The van der Waals surface area contributed by atoms with Gasteiger partial charge in [-0.3, -0.25) is 4.79 Å². The molecule has 0 spiro atoms. The van der Waals surface area contributed by atoms with Gasteiger partial charge in [0.25, 0.3) is 0 Å². The van der Waals surface area contributed by atoms with E-state index in [0.29, 0.717) is 5.69 Å². The standard InChI is InChI=1S/C10H11N3O/c11-4-5-13-10(14)7-8-2-1-3-9(12)6-8/h1-3,6H,5,7,12H2,(H,13,14). The number of nitrogens with one attached hydrogen (secondary N) is 1. The summed E-state index contributed by atoms with van der Waals surface area (Å²) in [6.45, 7) is 0.0428. The van der Waals surface area contributed by atoms with Crippen LogP contribution in [0.3, 0.4) is 0 Å². The van der Waals surface area contributed by atoms with Crippen LogP contribution in [0.15, 0.2) is 24.3 Å². The van der Waals surface area contributed by atoms with Crippen molar-refractivity contribution in [3.8, 4) is 6.07 Å². The van der Waals surface area contributed by atoms with E-state index < -0.39 is 0 Å².